The number of hydrogen-bond donors (Lipinski definition) is 0. The van der Waals surface area contributed by atoms with Gasteiger partial charge in [-0.05, 0) is 30.6 Å². The molecule has 0 N–H and O–H groups in total. The van der Waals surface area contributed by atoms with E-state index >= 15 is 0 Å². The fraction of sp³-hybridized carbons (Fsp3) is 0.800. The molecule has 1 saturated carbocycles. The van der Waals surface area contributed by atoms with Gasteiger partial charge in [0.15, 0.2) is 0 Å². The lowest BCUT2D eigenvalue weighted by molar-refractivity contribution is -0.122. The maximum atomic E-state index is 11.7. The average molecular weight is 222 g/mol. The van der Waals surface area contributed by atoms with Crippen molar-refractivity contribution in [2.75, 3.05) is 0 Å². The topological polar surface area (TPSA) is 17.1 Å². The fourth-order valence-electron chi connectivity index (χ4n) is 2.70. The van der Waals surface area contributed by atoms with E-state index in [4.69, 9.17) is 0 Å². The van der Waals surface area contributed by atoms with Gasteiger partial charge in [-0.15, -0.1) is 0 Å². The van der Waals surface area contributed by atoms with Crippen molar-refractivity contribution in [3.8, 4) is 0 Å². The summed E-state index contributed by atoms with van der Waals surface area (Å²) in [5.41, 5.74) is 1.58. The molecule has 16 heavy (non-hydrogen) atoms. The van der Waals surface area contributed by atoms with Crippen molar-refractivity contribution in [3.63, 3.8) is 0 Å². The molecule has 0 aromatic heterocycles. The third-order valence-corrected chi connectivity index (χ3v) is 4.30. The summed E-state index contributed by atoms with van der Waals surface area (Å²) in [5, 5.41) is 0. The highest BCUT2D eigenvalue weighted by atomic mass is 16.1. The minimum atomic E-state index is 0.179. The highest BCUT2D eigenvalue weighted by Gasteiger charge is 2.34. The second-order valence-electron chi connectivity index (χ2n) is 6.00. The first-order valence-electron chi connectivity index (χ1n) is 6.59. The van der Waals surface area contributed by atoms with Gasteiger partial charge in [0.2, 0.25) is 0 Å². The molecule has 0 aromatic rings. The van der Waals surface area contributed by atoms with E-state index < -0.39 is 0 Å². The highest BCUT2D eigenvalue weighted by Crippen LogP contribution is 2.45. The third-order valence-electron chi connectivity index (χ3n) is 4.30. The summed E-state index contributed by atoms with van der Waals surface area (Å²) in [6.07, 6.45) is 5.48. The van der Waals surface area contributed by atoms with E-state index in [1.807, 2.05) is 13.8 Å². The van der Waals surface area contributed by atoms with Crippen LogP contribution in [0.4, 0.5) is 0 Å². The van der Waals surface area contributed by atoms with Crippen LogP contribution in [0.3, 0.4) is 0 Å². The zero-order valence-corrected chi connectivity index (χ0v) is 11.3. The number of allylic oxidation sites excluding steroid dienone is 1. The molecule has 0 heterocycles. The Hall–Kier alpha value is -0.590. The summed E-state index contributed by atoms with van der Waals surface area (Å²) in [4.78, 5) is 11.7. The van der Waals surface area contributed by atoms with E-state index in [0.717, 1.165) is 12.8 Å². The summed E-state index contributed by atoms with van der Waals surface area (Å²) < 4.78 is 0. The molecule has 0 radical (unpaired) electrons. The Balaban J connectivity index is 2.57. The van der Waals surface area contributed by atoms with Crippen LogP contribution in [0.1, 0.15) is 59.8 Å². The van der Waals surface area contributed by atoms with Crippen LogP contribution in [0, 0.1) is 17.3 Å². The molecule has 1 aliphatic rings. The molecule has 1 rings (SSSR count). The third kappa shape index (κ3) is 2.96. The Kier molecular flexibility index (Phi) is 4.35. The second kappa shape index (κ2) is 5.16. The van der Waals surface area contributed by atoms with Gasteiger partial charge < -0.3 is 0 Å². The van der Waals surface area contributed by atoms with Crippen LogP contribution in [0.15, 0.2) is 12.2 Å². The lowest BCUT2D eigenvalue weighted by Crippen LogP contribution is -2.28. The van der Waals surface area contributed by atoms with E-state index in [-0.39, 0.29) is 11.3 Å². The number of hydrogen-bond acceptors (Lipinski definition) is 1. The summed E-state index contributed by atoms with van der Waals surface area (Å²) in [6, 6.07) is 0. The van der Waals surface area contributed by atoms with Crippen LogP contribution in [-0.4, -0.2) is 5.78 Å². The Bertz CT molecular complexity index is 277. The number of carbonyl (C=O) groups is 1. The lowest BCUT2D eigenvalue weighted by Gasteiger charge is -2.39. The number of rotatable bonds is 4. The standard InChI is InChI=1S/C15H26O/c1-11(2)14(16)8-10-15(5)9-6-7-12(3)13(15)4/h11-12H,4,6-10H2,1-3,5H3/t12-,15+/m1/s1. The smallest absolute Gasteiger partial charge is 0.135 e. The molecule has 1 heteroatoms. The number of carbonyl (C=O) groups excluding carboxylic acids is 1. The van der Waals surface area contributed by atoms with Crippen molar-refractivity contribution in [3.05, 3.63) is 12.2 Å². The van der Waals surface area contributed by atoms with E-state index in [0.29, 0.717) is 11.7 Å². The predicted octanol–water partition coefficient (Wildman–Crippen LogP) is 4.37. The number of Topliss-reactive ketones (excluding diaryl/α,β-unsaturated/α-hetero) is 1. The van der Waals surface area contributed by atoms with Gasteiger partial charge in [-0.2, -0.15) is 0 Å². The zero-order chi connectivity index (χ0) is 12.3. The molecule has 1 aliphatic carbocycles. The van der Waals surface area contributed by atoms with Crippen LogP contribution in [0.25, 0.3) is 0 Å². The van der Waals surface area contributed by atoms with Crippen molar-refractivity contribution < 1.29 is 4.79 Å². The Labute approximate surface area is 100 Å². The molecule has 0 saturated heterocycles. The van der Waals surface area contributed by atoms with Gasteiger partial charge in [0.05, 0.1) is 0 Å². The molecule has 1 nitrogen and oxygen atoms in total. The van der Waals surface area contributed by atoms with Gasteiger partial charge in [-0.3, -0.25) is 4.79 Å². The molecule has 2 atom stereocenters. The summed E-state index contributed by atoms with van der Waals surface area (Å²) in [6.45, 7) is 12.8. The molecular weight excluding hydrogens is 196 g/mol. The normalized spacial score (nSPS) is 30.8. The first-order chi connectivity index (χ1) is 7.37. The van der Waals surface area contributed by atoms with E-state index in [2.05, 4.69) is 20.4 Å². The quantitative estimate of drug-likeness (QED) is 0.645. The Morgan fingerprint density at radius 1 is 1.56 bits per heavy atom. The maximum absolute atomic E-state index is 11.7. The monoisotopic (exact) mass is 222 g/mol. The van der Waals surface area contributed by atoms with Gasteiger partial charge in [-0.1, -0.05) is 46.3 Å². The maximum Gasteiger partial charge on any atom is 0.135 e. The number of ketones is 1. The molecule has 0 bridgehead atoms. The zero-order valence-electron chi connectivity index (χ0n) is 11.3. The van der Waals surface area contributed by atoms with Gasteiger partial charge in [-0.25, -0.2) is 0 Å². The van der Waals surface area contributed by atoms with E-state index in [1.54, 1.807) is 0 Å². The predicted molar refractivity (Wildman–Crippen MR) is 69.3 cm³/mol. The van der Waals surface area contributed by atoms with Crippen LogP contribution in [-0.2, 0) is 4.79 Å². The largest absolute Gasteiger partial charge is 0.299 e. The molecule has 0 unspecified atom stereocenters. The first kappa shape index (κ1) is 13.5. The van der Waals surface area contributed by atoms with E-state index in [1.165, 1.54) is 24.8 Å². The highest BCUT2D eigenvalue weighted by molar-refractivity contribution is 5.80. The molecule has 0 spiro atoms. The molecule has 0 amide bonds. The summed E-state index contributed by atoms with van der Waals surface area (Å²) in [7, 11) is 0. The van der Waals surface area contributed by atoms with Gasteiger partial charge in [0, 0.05) is 12.3 Å². The van der Waals surface area contributed by atoms with Gasteiger partial charge in [0.25, 0.3) is 0 Å². The van der Waals surface area contributed by atoms with Crippen LogP contribution >= 0.6 is 0 Å². The van der Waals surface area contributed by atoms with Gasteiger partial charge in [0.1, 0.15) is 5.78 Å². The van der Waals surface area contributed by atoms with Crippen molar-refractivity contribution in [1.29, 1.82) is 0 Å². The van der Waals surface area contributed by atoms with Crippen LogP contribution < -0.4 is 0 Å². The van der Waals surface area contributed by atoms with Crippen LogP contribution in [0.2, 0.25) is 0 Å². The first-order valence-corrected chi connectivity index (χ1v) is 6.59. The lowest BCUT2D eigenvalue weighted by atomic mass is 9.65. The summed E-state index contributed by atoms with van der Waals surface area (Å²) >= 11 is 0. The van der Waals surface area contributed by atoms with Crippen molar-refractivity contribution in [1.82, 2.24) is 0 Å². The van der Waals surface area contributed by atoms with Crippen molar-refractivity contribution in [2.45, 2.75) is 59.8 Å². The minimum Gasteiger partial charge on any atom is -0.299 e. The SMILES string of the molecule is C=C1[C@H](C)CCC[C@@]1(C)CCC(=O)C(C)C. The van der Waals surface area contributed by atoms with Crippen molar-refractivity contribution >= 4 is 5.78 Å². The average Bonchev–Trinajstić information content (AvgIpc) is 2.22. The Morgan fingerprint density at radius 2 is 2.19 bits per heavy atom. The second-order valence-corrected chi connectivity index (χ2v) is 6.00. The molecular formula is C15H26O. The summed E-state index contributed by atoms with van der Waals surface area (Å²) in [5.74, 6) is 1.21. The van der Waals surface area contributed by atoms with Crippen LogP contribution in [0.5, 0.6) is 0 Å². The minimum absolute atomic E-state index is 0.179. The molecule has 0 aromatic carbocycles. The molecule has 0 aliphatic heterocycles. The molecule has 1 fully saturated rings. The van der Waals surface area contributed by atoms with E-state index in [9.17, 15) is 4.79 Å². The fourth-order valence-corrected chi connectivity index (χ4v) is 2.70. The van der Waals surface area contributed by atoms with Gasteiger partial charge >= 0.3 is 0 Å². The molecule has 92 valence electrons. The van der Waals surface area contributed by atoms with Crippen molar-refractivity contribution in [2.24, 2.45) is 17.3 Å². The Morgan fingerprint density at radius 3 is 2.75 bits per heavy atom.